The number of thioether (sulfide) groups is 1. The second-order valence-electron chi connectivity index (χ2n) is 5.86. The average Bonchev–Trinajstić information content (AvgIpc) is 3.03. The summed E-state index contributed by atoms with van der Waals surface area (Å²) in [6.45, 7) is 0. The number of aromatic nitrogens is 3. The second-order valence-corrected chi connectivity index (χ2v) is 6.80. The largest absolute Gasteiger partial charge is 0.326 e. The Kier molecular flexibility index (Phi) is 4.53. The van der Waals surface area contributed by atoms with Crippen LogP contribution in [0, 0.1) is 11.3 Å². The SMILES string of the molecule is CN(C(=O)CSc1nnc2ccccn12)C1(C#N)CCCCC1. The first-order chi connectivity index (χ1) is 11.2. The molecule has 0 aromatic carbocycles. The molecule has 0 radical (unpaired) electrons. The zero-order chi connectivity index (χ0) is 16.3. The van der Waals surface area contributed by atoms with Crippen molar-refractivity contribution < 1.29 is 4.79 Å². The lowest BCUT2D eigenvalue weighted by Gasteiger charge is -2.39. The fourth-order valence-corrected chi connectivity index (χ4v) is 3.88. The summed E-state index contributed by atoms with van der Waals surface area (Å²) >= 11 is 1.35. The van der Waals surface area contributed by atoms with Gasteiger partial charge in [-0.1, -0.05) is 37.1 Å². The van der Waals surface area contributed by atoms with Crippen LogP contribution in [0.1, 0.15) is 32.1 Å². The van der Waals surface area contributed by atoms with Gasteiger partial charge < -0.3 is 4.90 Å². The Balaban J connectivity index is 1.68. The third-order valence-electron chi connectivity index (χ3n) is 4.51. The van der Waals surface area contributed by atoms with Gasteiger partial charge in [-0.3, -0.25) is 9.20 Å². The number of hydrogen-bond donors (Lipinski definition) is 0. The average molecular weight is 329 g/mol. The van der Waals surface area contributed by atoms with E-state index in [1.807, 2.05) is 28.8 Å². The number of rotatable bonds is 4. The van der Waals surface area contributed by atoms with E-state index in [1.165, 1.54) is 11.8 Å². The topological polar surface area (TPSA) is 74.3 Å². The maximum absolute atomic E-state index is 12.5. The monoisotopic (exact) mass is 329 g/mol. The van der Waals surface area contributed by atoms with Gasteiger partial charge in [0, 0.05) is 13.2 Å². The van der Waals surface area contributed by atoms with E-state index in [0.717, 1.165) is 37.8 Å². The summed E-state index contributed by atoms with van der Waals surface area (Å²) in [6, 6.07) is 8.06. The Hall–Kier alpha value is -2.07. The van der Waals surface area contributed by atoms with Gasteiger partial charge in [0.15, 0.2) is 10.8 Å². The van der Waals surface area contributed by atoms with Crippen molar-refractivity contribution in [2.75, 3.05) is 12.8 Å². The molecule has 6 nitrogen and oxygen atoms in total. The van der Waals surface area contributed by atoms with Crippen LogP contribution in [0.15, 0.2) is 29.6 Å². The lowest BCUT2D eigenvalue weighted by molar-refractivity contribution is -0.131. The molecular weight excluding hydrogens is 310 g/mol. The molecule has 2 aromatic rings. The number of nitrogens with zero attached hydrogens (tertiary/aromatic N) is 5. The van der Waals surface area contributed by atoms with Gasteiger partial charge >= 0.3 is 0 Å². The third kappa shape index (κ3) is 3.04. The molecule has 1 aliphatic carbocycles. The number of carbonyl (C=O) groups is 1. The predicted molar refractivity (Wildman–Crippen MR) is 87.9 cm³/mol. The van der Waals surface area contributed by atoms with E-state index in [2.05, 4.69) is 16.3 Å². The normalized spacial score (nSPS) is 16.9. The summed E-state index contributed by atoms with van der Waals surface area (Å²) in [6.07, 6.45) is 6.57. The van der Waals surface area contributed by atoms with Gasteiger partial charge in [-0.25, -0.2) is 0 Å². The van der Waals surface area contributed by atoms with E-state index in [-0.39, 0.29) is 11.7 Å². The van der Waals surface area contributed by atoms with Crippen LogP contribution in [0.3, 0.4) is 0 Å². The summed E-state index contributed by atoms with van der Waals surface area (Å²) in [7, 11) is 1.75. The maximum Gasteiger partial charge on any atom is 0.234 e. The molecule has 1 amide bonds. The van der Waals surface area contributed by atoms with Crippen LogP contribution >= 0.6 is 11.8 Å². The van der Waals surface area contributed by atoms with Crippen LogP contribution in [-0.4, -0.2) is 43.7 Å². The smallest absolute Gasteiger partial charge is 0.234 e. The highest BCUT2D eigenvalue weighted by atomic mass is 32.2. The highest BCUT2D eigenvalue weighted by Gasteiger charge is 2.38. The third-order valence-corrected chi connectivity index (χ3v) is 5.44. The van der Waals surface area contributed by atoms with E-state index in [0.29, 0.717) is 5.16 Å². The molecule has 7 heteroatoms. The van der Waals surface area contributed by atoms with E-state index in [1.54, 1.807) is 11.9 Å². The van der Waals surface area contributed by atoms with Gasteiger partial charge in [-0.05, 0) is 25.0 Å². The van der Waals surface area contributed by atoms with Crippen LogP contribution in [0.2, 0.25) is 0 Å². The quantitative estimate of drug-likeness (QED) is 0.806. The van der Waals surface area contributed by atoms with Crippen LogP contribution in [0.25, 0.3) is 5.65 Å². The van der Waals surface area contributed by atoms with Gasteiger partial charge in [-0.2, -0.15) is 5.26 Å². The minimum atomic E-state index is -0.636. The summed E-state index contributed by atoms with van der Waals surface area (Å²) in [5.74, 6) is 0.224. The van der Waals surface area contributed by atoms with Crippen molar-refractivity contribution in [1.82, 2.24) is 19.5 Å². The van der Waals surface area contributed by atoms with Crippen LogP contribution < -0.4 is 0 Å². The molecule has 0 spiro atoms. The zero-order valence-corrected chi connectivity index (χ0v) is 13.9. The Morgan fingerprint density at radius 1 is 1.39 bits per heavy atom. The maximum atomic E-state index is 12.5. The minimum Gasteiger partial charge on any atom is -0.326 e. The molecule has 1 saturated carbocycles. The molecule has 0 aliphatic heterocycles. The first-order valence-corrected chi connectivity index (χ1v) is 8.75. The second kappa shape index (κ2) is 6.59. The van der Waals surface area contributed by atoms with Gasteiger partial charge in [0.2, 0.25) is 5.91 Å². The van der Waals surface area contributed by atoms with E-state index >= 15 is 0 Å². The van der Waals surface area contributed by atoms with Crippen molar-refractivity contribution in [3.8, 4) is 6.07 Å². The fourth-order valence-electron chi connectivity index (χ4n) is 3.04. The molecule has 2 aromatic heterocycles. The Labute approximate surface area is 139 Å². The molecule has 0 unspecified atom stereocenters. The molecule has 0 N–H and O–H groups in total. The van der Waals surface area contributed by atoms with E-state index in [9.17, 15) is 10.1 Å². The van der Waals surface area contributed by atoms with Gasteiger partial charge in [0.05, 0.1) is 11.8 Å². The summed E-state index contributed by atoms with van der Waals surface area (Å²) in [5, 5.41) is 18.5. The number of pyridine rings is 1. The first kappa shape index (κ1) is 15.8. The summed E-state index contributed by atoms with van der Waals surface area (Å²) < 4.78 is 1.86. The number of hydrogen-bond acceptors (Lipinski definition) is 5. The van der Waals surface area contributed by atoms with E-state index < -0.39 is 5.54 Å². The van der Waals surface area contributed by atoms with Crippen LogP contribution in [0.4, 0.5) is 0 Å². The Bertz CT molecular complexity index is 744. The number of nitriles is 1. The number of fused-ring (bicyclic) bond motifs is 1. The van der Waals surface area contributed by atoms with Crippen molar-refractivity contribution in [3.63, 3.8) is 0 Å². The lowest BCUT2D eigenvalue weighted by Crippen LogP contribution is -2.50. The van der Waals surface area contributed by atoms with Crippen molar-refractivity contribution in [2.24, 2.45) is 0 Å². The first-order valence-electron chi connectivity index (χ1n) is 7.77. The molecule has 120 valence electrons. The summed E-state index contributed by atoms with van der Waals surface area (Å²) in [4.78, 5) is 14.2. The minimum absolute atomic E-state index is 0.0360. The van der Waals surface area contributed by atoms with Crippen molar-refractivity contribution in [1.29, 1.82) is 5.26 Å². The fraction of sp³-hybridized carbons (Fsp3) is 0.500. The van der Waals surface area contributed by atoms with Crippen LogP contribution in [-0.2, 0) is 4.79 Å². The van der Waals surface area contributed by atoms with Crippen molar-refractivity contribution >= 4 is 23.3 Å². The number of carbonyl (C=O) groups excluding carboxylic acids is 1. The summed E-state index contributed by atoms with van der Waals surface area (Å²) in [5.41, 5.74) is 0.125. The molecule has 0 atom stereocenters. The molecule has 0 bridgehead atoms. The molecule has 3 rings (SSSR count). The van der Waals surface area contributed by atoms with E-state index in [4.69, 9.17) is 0 Å². The molecule has 2 heterocycles. The van der Waals surface area contributed by atoms with Gasteiger partial charge in [0.1, 0.15) is 5.54 Å². The van der Waals surface area contributed by atoms with Crippen LogP contribution in [0.5, 0.6) is 0 Å². The molecule has 23 heavy (non-hydrogen) atoms. The standard InChI is InChI=1S/C16H19N5OS/c1-20(16(12-17)8-4-2-5-9-16)14(22)11-23-15-19-18-13-7-3-6-10-21(13)15/h3,6-7,10H,2,4-5,8-9,11H2,1H3. The van der Waals surface area contributed by atoms with Gasteiger partial charge in [0.25, 0.3) is 0 Å². The molecule has 1 fully saturated rings. The lowest BCUT2D eigenvalue weighted by atomic mass is 9.81. The highest BCUT2D eigenvalue weighted by molar-refractivity contribution is 7.99. The highest BCUT2D eigenvalue weighted by Crippen LogP contribution is 2.33. The van der Waals surface area contributed by atoms with Gasteiger partial charge in [-0.15, -0.1) is 10.2 Å². The zero-order valence-electron chi connectivity index (χ0n) is 13.1. The van der Waals surface area contributed by atoms with Crippen molar-refractivity contribution in [2.45, 2.75) is 42.8 Å². The predicted octanol–water partition coefficient (Wildman–Crippen LogP) is 2.51. The Morgan fingerprint density at radius 3 is 2.91 bits per heavy atom. The molecule has 1 aliphatic rings. The molecular formula is C16H19N5OS. The molecule has 0 saturated heterocycles. The Morgan fingerprint density at radius 2 is 2.17 bits per heavy atom. The van der Waals surface area contributed by atoms with Crippen molar-refractivity contribution in [3.05, 3.63) is 24.4 Å². The number of amides is 1.